The van der Waals surface area contributed by atoms with Crippen molar-refractivity contribution >= 4 is 22.4 Å². The van der Waals surface area contributed by atoms with Gasteiger partial charge in [-0.15, -0.1) is 11.3 Å². The quantitative estimate of drug-likeness (QED) is 0.751. The summed E-state index contributed by atoms with van der Waals surface area (Å²) in [7, 11) is 0. The summed E-state index contributed by atoms with van der Waals surface area (Å²) in [5.74, 6) is 0.327. The Morgan fingerprint density at radius 1 is 1.28 bits per heavy atom. The number of aryl methyl sites for hydroxylation is 1. The fraction of sp³-hybridized carbons (Fsp3) is 0.105. The SMILES string of the molecule is Cc1csc(NC(=O)c2cccc(OCc3ccccc3C#N)c2)n1. The van der Waals surface area contributed by atoms with Gasteiger partial charge >= 0.3 is 0 Å². The van der Waals surface area contributed by atoms with Crippen molar-refractivity contribution in [2.24, 2.45) is 0 Å². The number of nitrogens with zero attached hydrogens (tertiary/aromatic N) is 2. The number of aromatic nitrogens is 1. The Labute approximate surface area is 149 Å². The van der Waals surface area contributed by atoms with E-state index in [2.05, 4.69) is 16.4 Å². The van der Waals surface area contributed by atoms with Crippen LogP contribution in [0.4, 0.5) is 5.13 Å². The summed E-state index contributed by atoms with van der Waals surface area (Å²) < 4.78 is 5.74. The third-order valence-corrected chi connectivity index (χ3v) is 4.34. The lowest BCUT2D eigenvalue weighted by Gasteiger charge is -2.09. The molecule has 0 aliphatic carbocycles. The van der Waals surface area contributed by atoms with Crippen molar-refractivity contribution in [1.29, 1.82) is 5.26 Å². The number of ether oxygens (including phenoxy) is 1. The fourth-order valence-corrected chi connectivity index (χ4v) is 2.91. The van der Waals surface area contributed by atoms with Gasteiger partial charge in [-0.05, 0) is 31.2 Å². The largest absolute Gasteiger partial charge is 0.489 e. The predicted molar refractivity (Wildman–Crippen MR) is 96.7 cm³/mol. The molecule has 2 aromatic carbocycles. The van der Waals surface area contributed by atoms with E-state index in [1.807, 2.05) is 30.5 Å². The predicted octanol–water partition coefficient (Wildman–Crippen LogP) is 4.15. The van der Waals surface area contributed by atoms with E-state index in [9.17, 15) is 4.79 Å². The van der Waals surface area contributed by atoms with Gasteiger partial charge in [-0.1, -0.05) is 24.3 Å². The maximum Gasteiger partial charge on any atom is 0.257 e. The molecule has 0 atom stereocenters. The van der Waals surface area contributed by atoms with Gasteiger partial charge < -0.3 is 4.74 Å². The van der Waals surface area contributed by atoms with Crippen LogP contribution in [0.3, 0.4) is 0 Å². The first-order valence-corrected chi connectivity index (χ1v) is 8.48. The van der Waals surface area contributed by atoms with Crippen LogP contribution in [-0.2, 0) is 6.61 Å². The van der Waals surface area contributed by atoms with Crippen LogP contribution in [-0.4, -0.2) is 10.9 Å². The van der Waals surface area contributed by atoms with Crippen LogP contribution < -0.4 is 10.1 Å². The molecular formula is C19H15N3O2S. The minimum Gasteiger partial charge on any atom is -0.489 e. The van der Waals surface area contributed by atoms with Gasteiger partial charge in [0.25, 0.3) is 5.91 Å². The lowest BCUT2D eigenvalue weighted by Crippen LogP contribution is -2.11. The van der Waals surface area contributed by atoms with Crippen molar-refractivity contribution in [3.05, 3.63) is 76.3 Å². The average molecular weight is 349 g/mol. The van der Waals surface area contributed by atoms with Crippen LogP contribution in [0, 0.1) is 18.3 Å². The van der Waals surface area contributed by atoms with Gasteiger partial charge in [0.05, 0.1) is 17.3 Å². The first kappa shape index (κ1) is 16.7. The molecule has 124 valence electrons. The molecule has 0 unspecified atom stereocenters. The topological polar surface area (TPSA) is 75.0 Å². The average Bonchev–Trinajstić information content (AvgIpc) is 3.05. The minimum atomic E-state index is -0.239. The van der Waals surface area contributed by atoms with Crippen LogP contribution >= 0.6 is 11.3 Å². The van der Waals surface area contributed by atoms with Crippen LogP contribution in [0.5, 0.6) is 5.75 Å². The maximum atomic E-state index is 12.3. The van der Waals surface area contributed by atoms with Crippen LogP contribution in [0.15, 0.2) is 53.9 Å². The van der Waals surface area contributed by atoms with Crippen molar-refractivity contribution < 1.29 is 9.53 Å². The number of thiazole rings is 1. The van der Waals surface area contributed by atoms with Crippen LogP contribution in [0.25, 0.3) is 0 Å². The number of hydrogen-bond donors (Lipinski definition) is 1. The number of anilines is 1. The third kappa shape index (κ3) is 4.22. The highest BCUT2D eigenvalue weighted by Gasteiger charge is 2.10. The summed E-state index contributed by atoms with van der Waals surface area (Å²) in [6, 6.07) is 16.3. The van der Waals surface area contributed by atoms with Crippen molar-refractivity contribution in [3.63, 3.8) is 0 Å². The molecule has 0 fully saturated rings. The van der Waals surface area contributed by atoms with E-state index < -0.39 is 0 Å². The van der Waals surface area contributed by atoms with Crippen molar-refractivity contribution in [1.82, 2.24) is 4.98 Å². The molecule has 3 aromatic rings. The molecule has 0 aliphatic heterocycles. The normalized spacial score (nSPS) is 10.1. The lowest BCUT2D eigenvalue weighted by atomic mass is 10.1. The van der Waals surface area contributed by atoms with Crippen LogP contribution in [0.1, 0.15) is 27.2 Å². The van der Waals surface area contributed by atoms with Gasteiger partial charge in [-0.25, -0.2) is 4.98 Å². The van der Waals surface area contributed by atoms with Gasteiger partial charge in [0.1, 0.15) is 12.4 Å². The van der Waals surface area contributed by atoms with Gasteiger partial charge in [-0.3, -0.25) is 10.1 Å². The summed E-state index contributed by atoms with van der Waals surface area (Å²) in [6.07, 6.45) is 0. The van der Waals surface area contributed by atoms with Crippen LogP contribution in [0.2, 0.25) is 0 Å². The second-order valence-corrected chi connectivity index (χ2v) is 6.19. The number of rotatable bonds is 5. The van der Waals surface area contributed by atoms with E-state index >= 15 is 0 Å². The number of carbonyl (C=O) groups excluding carboxylic acids is 1. The summed E-state index contributed by atoms with van der Waals surface area (Å²) >= 11 is 1.38. The first-order valence-electron chi connectivity index (χ1n) is 7.60. The molecule has 1 heterocycles. The number of nitriles is 1. The molecule has 0 radical (unpaired) electrons. The second kappa shape index (κ2) is 7.60. The highest BCUT2D eigenvalue weighted by molar-refractivity contribution is 7.13. The monoisotopic (exact) mass is 349 g/mol. The fourth-order valence-electron chi connectivity index (χ4n) is 2.22. The van der Waals surface area contributed by atoms with Gasteiger partial charge in [0.15, 0.2) is 5.13 Å². The zero-order valence-corrected chi connectivity index (χ0v) is 14.3. The Morgan fingerprint density at radius 3 is 2.88 bits per heavy atom. The Balaban J connectivity index is 1.69. The van der Waals surface area contributed by atoms with Crippen molar-refractivity contribution in [3.8, 4) is 11.8 Å². The van der Waals surface area contributed by atoms with E-state index in [1.165, 1.54) is 11.3 Å². The molecule has 5 nitrogen and oxygen atoms in total. The lowest BCUT2D eigenvalue weighted by molar-refractivity contribution is 0.102. The molecule has 0 bridgehead atoms. The smallest absolute Gasteiger partial charge is 0.257 e. The zero-order chi connectivity index (χ0) is 17.6. The zero-order valence-electron chi connectivity index (χ0n) is 13.5. The van der Waals surface area contributed by atoms with E-state index in [1.54, 1.807) is 30.3 Å². The van der Waals surface area contributed by atoms with E-state index in [0.29, 0.717) is 22.0 Å². The first-order chi connectivity index (χ1) is 12.2. The molecule has 25 heavy (non-hydrogen) atoms. The maximum absolute atomic E-state index is 12.3. The van der Waals surface area contributed by atoms with Gasteiger partial charge in [-0.2, -0.15) is 5.26 Å². The Hall–Kier alpha value is -3.17. The number of benzene rings is 2. The molecule has 0 spiro atoms. The Bertz CT molecular complexity index is 944. The molecule has 3 rings (SSSR count). The molecule has 0 aliphatic rings. The van der Waals surface area contributed by atoms with E-state index in [4.69, 9.17) is 10.00 Å². The molecule has 0 saturated carbocycles. The van der Waals surface area contributed by atoms with Crippen molar-refractivity contribution in [2.45, 2.75) is 13.5 Å². The molecule has 0 saturated heterocycles. The highest BCUT2D eigenvalue weighted by Crippen LogP contribution is 2.19. The van der Waals surface area contributed by atoms with Crippen molar-refractivity contribution in [2.75, 3.05) is 5.32 Å². The number of amides is 1. The Kier molecular flexibility index (Phi) is 5.07. The summed E-state index contributed by atoms with van der Waals surface area (Å²) in [6.45, 7) is 2.14. The highest BCUT2D eigenvalue weighted by atomic mass is 32.1. The van der Waals surface area contributed by atoms with E-state index in [0.717, 1.165) is 11.3 Å². The number of carbonyl (C=O) groups is 1. The summed E-state index contributed by atoms with van der Waals surface area (Å²) in [5.41, 5.74) is 2.74. The second-order valence-electron chi connectivity index (χ2n) is 5.33. The third-order valence-electron chi connectivity index (χ3n) is 3.47. The van der Waals surface area contributed by atoms with Gasteiger partial charge in [0, 0.05) is 16.5 Å². The molecule has 1 amide bonds. The summed E-state index contributed by atoms with van der Waals surface area (Å²) in [4.78, 5) is 16.5. The molecule has 6 heteroatoms. The standard InChI is InChI=1S/C19H15N3O2S/c1-13-12-25-19(21-13)22-18(23)14-7-4-8-17(9-14)24-11-16-6-3-2-5-15(16)10-20/h2-9,12H,11H2,1H3,(H,21,22,23). The Morgan fingerprint density at radius 2 is 2.12 bits per heavy atom. The minimum absolute atomic E-state index is 0.239. The molecule has 1 aromatic heterocycles. The molecular weight excluding hydrogens is 334 g/mol. The van der Waals surface area contributed by atoms with Gasteiger partial charge in [0.2, 0.25) is 0 Å². The summed E-state index contributed by atoms with van der Waals surface area (Å²) in [5, 5.41) is 14.3. The number of hydrogen-bond acceptors (Lipinski definition) is 5. The molecule has 1 N–H and O–H groups in total. The van der Waals surface area contributed by atoms with E-state index in [-0.39, 0.29) is 12.5 Å². The number of nitrogens with one attached hydrogen (secondary N) is 1.